The van der Waals surface area contributed by atoms with Gasteiger partial charge in [-0.05, 0) is 12.1 Å². The minimum absolute atomic E-state index is 0.000654. The second kappa shape index (κ2) is 5.26. The van der Waals surface area contributed by atoms with Crippen molar-refractivity contribution in [3.05, 3.63) is 34.4 Å². The third kappa shape index (κ3) is 2.73. The number of nitrogens with one attached hydrogen (secondary N) is 1. The second-order valence-corrected chi connectivity index (χ2v) is 4.11. The second-order valence-electron chi connectivity index (χ2n) is 4.11. The standard InChI is InChI=1S/C11H13F2N3O2/c12-11(13)10-7-15(6-5-14-10)8-1-3-9(4-2-8)16(17)18/h1-4,10-11,14H,5-7H2. The van der Waals surface area contributed by atoms with Crippen LogP contribution >= 0.6 is 0 Å². The van der Waals surface area contributed by atoms with Gasteiger partial charge in [-0.3, -0.25) is 10.1 Å². The highest BCUT2D eigenvalue weighted by molar-refractivity contribution is 5.51. The Morgan fingerprint density at radius 3 is 2.61 bits per heavy atom. The van der Waals surface area contributed by atoms with Crippen molar-refractivity contribution < 1.29 is 13.7 Å². The summed E-state index contributed by atoms with van der Waals surface area (Å²) in [4.78, 5) is 11.8. The smallest absolute Gasteiger partial charge is 0.269 e. The first-order valence-corrected chi connectivity index (χ1v) is 5.59. The molecule has 1 N–H and O–H groups in total. The van der Waals surface area contributed by atoms with Gasteiger partial charge in [-0.25, -0.2) is 8.78 Å². The van der Waals surface area contributed by atoms with Crippen molar-refractivity contribution in [2.24, 2.45) is 0 Å². The van der Waals surface area contributed by atoms with E-state index >= 15 is 0 Å². The summed E-state index contributed by atoms with van der Waals surface area (Å²) in [6.45, 7) is 1.29. The van der Waals surface area contributed by atoms with Gasteiger partial charge in [-0.15, -0.1) is 0 Å². The molecule has 5 nitrogen and oxygen atoms in total. The lowest BCUT2D eigenvalue weighted by atomic mass is 10.2. The van der Waals surface area contributed by atoms with Crippen molar-refractivity contribution >= 4 is 11.4 Å². The van der Waals surface area contributed by atoms with E-state index in [1.54, 1.807) is 17.0 Å². The normalized spacial score (nSPS) is 20.2. The lowest BCUT2D eigenvalue weighted by Crippen LogP contribution is -2.53. The van der Waals surface area contributed by atoms with Crippen LogP contribution in [0.2, 0.25) is 0 Å². The predicted molar refractivity (Wildman–Crippen MR) is 63.1 cm³/mol. The summed E-state index contributed by atoms with van der Waals surface area (Å²) in [7, 11) is 0. The minimum Gasteiger partial charge on any atom is -0.368 e. The van der Waals surface area contributed by atoms with Gasteiger partial charge in [0.05, 0.1) is 11.0 Å². The van der Waals surface area contributed by atoms with Gasteiger partial charge in [0.25, 0.3) is 12.1 Å². The van der Waals surface area contributed by atoms with Crippen LogP contribution in [0.4, 0.5) is 20.2 Å². The first-order chi connectivity index (χ1) is 8.58. The molecule has 7 heteroatoms. The number of hydrogen-bond acceptors (Lipinski definition) is 4. The molecule has 1 aromatic carbocycles. The number of anilines is 1. The molecule has 0 amide bonds. The summed E-state index contributed by atoms with van der Waals surface area (Å²) in [5.74, 6) is 0. The molecule has 0 bridgehead atoms. The van der Waals surface area contributed by atoms with Gasteiger partial charge in [-0.2, -0.15) is 0 Å². The van der Waals surface area contributed by atoms with Crippen molar-refractivity contribution in [1.29, 1.82) is 0 Å². The van der Waals surface area contributed by atoms with E-state index in [4.69, 9.17) is 0 Å². The molecule has 2 rings (SSSR count). The summed E-state index contributed by atoms with van der Waals surface area (Å²) in [6, 6.07) is 5.09. The minimum atomic E-state index is -2.41. The summed E-state index contributed by atoms with van der Waals surface area (Å²) in [5, 5.41) is 13.3. The van der Waals surface area contributed by atoms with Gasteiger partial charge in [0, 0.05) is 37.5 Å². The summed E-state index contributed by atoms with van der Waals surface area (Å²) in [5.41, 5.74) is 0.729. The Kier molecular flexibility index (Phi) is 3.71. The predicted octanol–water partition coefficient (Wildman–Crippen LogP) is 1.64. The van der Waals surface area contributed by atoms with Gasteiger partial charge in [0.2, 0.25) is 0 Å². The van der Waals surface area contributed by atoms with E-state index in [1.807, 2.05) is 0 Å². The molecule has 1 aliphatic rings. The first kappa shape index (κ1) is 12.7. The molecule has 1 atom stereocenters. The number of rotatable bonds is 3. The summed E-state index contributed by atoms with van der Waals surface area (Å²) < 4.78 is 25.2. The fourth-order valence-corrected chi connectivity index (χ4v) is 1.97. The van der Waals surface area contributed by atoms with Crippen LogP contribution in [0.1, 0.15) is 0 Å². The van der Waals surface area contributed by atoms with Gasteiger partial charge in [0.1, 0.15) is 0 Å². The van der Waals surface area contributed by atoms with Gasteiger partial charge < -0.3 is 10.2 Å². The zero-order chi connectivity index (χ0) is 13.1. The lowest BCUT2D eigenvalue weighted by Gasteiger charge is -2.34. The number of halogens is 2. The van der Waals surface area contributed by atoms with Crippen LogP contribution in [-0.2, 0) is 0 Å². The molecule has 1 unspecified atom stereocenters. The van der Waals surface area contributed by atoms with E-state index in [2.05, 4.69) is 5.32 Å². The molecule has 1 aliphatic heterocycles. The van der Waals surface area contributed by atoms with E-state index in [0.29, 0.717) is 13.1 Å². The quantitative estimate of drug-likeness (QED) is 0.660. The molecule has 0 aromatic heterocycles. The van der Waals surface area contributed by atoms with Crippen LogP contribution in [0.15, 0.2) is 24.3 Å². The Hall–Kier alpha value is -1.76. The number of benzene rings is 1. The largest absolute Gasteiger partial charge is 0.368 e. The Morgan fingerprint density at radius 2 is 2.06 bits per heavy atom. The molecule has 1 saturated heterocycles. The number of nitro groups is 1. The molecule has 18 heavy (non-hydrogen) atoms. The monoisotopic (exact) mass is 257 g/mol. The van der Waals surface area contributed by atoms with Crippen LogP contribution in [0.3, 0.4) is 0 Å². The Bertz CT molecular complexity index is 425. The Labute approximate surface area is 103 Å². The molecule has 0 saturated carbocycles. The number of nitrogens with zero attached hydrogens (tertiary/aromatic N) is 2. The average molecular weight is 257 g/mol. The van der Waals surface area contributed by atoms with Crippen molar-refractivity contribution in [2.75, 3.05) is 24.5 Å². The molecule has 0 radical (unpaired) electrons. The number of hydrogen-bond donors (Lipinski definition) is 1. The fraction of sp³-hybridized carbons (Fsp3) is 0.455. The zero-order valence-corrected chi connectivity index (χ0v) is 9.55. The lowest BCUT2D eigenvalue weighted by molar-refractivity contribution is -0.384. The van der Waals surface area contributed by atoms with Crippen molar-refractivity contribution in [1.82, 2.24) is 5.32 Å². The third-order valence-corrected chi connectivity index (χ3v) is 2.94. The SMILES string of the molecule is O=[N+]([O-])c1ccc(N2CCNC(C(F)F)C2)cc1. The van der Waals surface area contributed by atoms with Crippen LogP contribution in [0.25, 0.3) is 0 Å². The average Bonchev–Trinajstić information content (AvgIpc) is 2.39. The number of non-ortho nitro benzene ring substituents is 1. The van der Waals surface area contributed by atoms with E-state index in [0.717, 1.165) is 5.69 Å². The highest BCUT2D eigenvalue weighted by atomic mass is 19.3. The Balaban J connectivity index is 2.09. The van der Waals surface area contributed by atoms with Gasteiger partial charge in [0.15, 0.2) is 0 Å². The van der Waals surface area contributed by atoms with E-state index in [1.165, 1.54) is 12.1 Å². The maximum Gasteiger partial charge on any atom is 0.269 e. The van der Waals surface area contributed by atoms with Crippen LogP contribution in [-0.4, -0.2) is 37.0 Å². The highest BCUT2D eigenvalue weighted by Crippen LogP contribution is 2.21. The molecular weight excluding hydrogens is 244 g/mol. The molecule has 1 fully saturated rings. The third-order valence-electron chi connectivity index (χ3n) is 2.94. The molecule has 0 aliphatic carbocycles. The van der Waals surface area contributed by atoms with Gasteiger partial charge >= 0.3 is 0 Å². The van der Waals surface area contributed by atoms with Crippen LogP contribution < -0.4 is 10.2 Å². The number of piperazine rings is 1. The Morgan fingerprint density at radius 1 is 1.39 bits per heavy atom. The van der Waals surface area contributed by atoms with E-state index in [9.17, 15) is 18.9 Å². The summed E-state index contributed by atoms with van der Waals surface area (Å²) in [6.07, 6.45) is -2.41. The topological polar surface area (TPSA) is 58.4 Å². The highest BCUT2D eigenvalue weighted by Gasteiger charge is 2.26. The molecule has 0 spiro atoms. The number of nitro benzene ring substituents is 1. The summed E-state index contributed by atoms with van der Waals surface area (Å²) >= 11 is 0. The van der Waals surface area contributed by atoms with Crippen molar-refractivity contribution in [2.45, 2.75) is 12.5 Å². The van der Waals surface area contributed by atoms with Crippen LogP contribution in [0.5, 0.6) is 0 Å². The first-order valence-electron chi connectivity index (χ1n) is 5.59. The molecule has 98 valence electrons. The van der Waals surface area contributed by atoms with Crippen molar-refractivity contribution in [3.8, 4) is 0 Å². The van der Waals surface area contributed by atoms with E-state index in [-0.39, 0.29) is 12.2 Å². The molecule has 1 heterocycles. The van der Waals surface area contributed by atoms with E-state index < -0.39 is 17.4 Å². The van der Waals surface area contributed by atoms with Crippen molar-refractivity contribution in [3.63, 3.8) is 0 Å². The molecule has 1 aromatic rings. The zero-order valence-electron chi connectivity index (χ0n) is 9.55. The number of alkyl halides is 2. The van der Waals surface area contributed by atoms with Gasteiger partial charge in [-0.1, -0.05) is 0 Å². The maximum absolute atomic E-state index is 12.6. The molecular formula is C11H13F2N3O2. The fourth-order valence-electron chi connectivity index (χ4n) is 1.97. The van der Waals surface area contributed by atoms with Crippen LogP contribution in [0, 0.1) is 10.1 Å². The maximum atomic E-state index is 12.6.